The lowest BCUT2D eigenvalue weighted by Crippen LogP contribution is -2.10. The van der Waals surface area contributed by atoms with E-state index in [0.29, 0.717) is 0 Å². The number of benzene rings is 9. The van der Waals surface area contributed by atoms with E-state index in [9.17, 15) is 0 Å². The van der Waals surface area contributed by atoms with Gasteiger partial charge in [-0.05, 0) is 93.7 Å². The molecule has 0 aromatic heterocycles. The first-order chi connectivity index (χ1) is 25.8. The first-order valence-electron chi connectivity index (χ1n) is 17.8. The van der Waals surface area contributed by atoms with E-state index in [4.69, 9.17) is 0 Å². The number of anilines is 6. The Morgan fingerprint density at radius 1 is 0.231 bits per heavy atom. The van der Waals surface area contributed by atoms with Gasteiger partial charge in [0.05, 0.1) is 11.4 Å². The van der Waals surface area contributed by atoms with E-state index in [-0.39, 0.29) is 0 Å². The molecule has 0 saturated carbocycles. The third-order valence-electron chi connectivity index (χ3n) is 9.83. The number of nitrogens with zero attached hydrogens (tertiary/aromatic N) is 2. The van der Waals surface area contributed by atoms with Gasteiger partial charge >= 0.3 is 0 Å². The molecule has 2 nitrogen and oxygen atoms in total. The van der Waals surface area contributed by atoms with Crippen LogP contribution in [0, 0.1) is 0 Å². The maximum Gasteiger partial charge on any atom is 0.0540 e. The Kier molecular flexibility index (Phi) is 8.24. The van der Waals surface area contributed by atoms with Gasteiger partial charge in [-0.3, -0.25) is 0 Å². The SMILES string of the molecule is c1ccc(-c2cccc(N(c3ccc(-c4ccc(N(c5ccccc5)c5cccc6ccccc56)cc4)cc3)c3cccc4ccccc34)c2)cc1. The molecule has 9 rings (SSSR count). The van der Waals surface area contributed by atoms with Crippen LogP contribution in [0.15, 0.2) is 218 Å². The van der Waals surface area contributed by atoms with Crippen LogP contribution in [0.25, 0.3) is 43.8 Å². The molecule has 0 bridgehead atoms. The summed E-state index contributed by atoms with van der Waals surface area (Å²) in [5.41, 5.74) is 11.5. The van der Waals surface area contributed by atoms with Gasteiger partial charge in [0.1, 0.15) is 0 Å². The lowest BCUT2D eigenvalue weighted by Gasteiger charge is -2.28. The number of para-hydroxylation sites is 1. The largest absolute Gasteiger partial charge is 0.310 e. The van der Waals surface area contributed by atoms with Crippen LogP contribution >= 0.6 is 0 Å². The summed E-state index contributed by atoms with van der Waals surface area (Å²) in [6, 6.07) is 78.2. The fourth-order valence-electron chi connectivity index (χ4n) is 7.30. The molecule has 0 amide bonds. The second-order valence-electron chi connectivity index (χ2n) is 13.0. The fraction of sp³-hybridized carbons (Fsp3) is 0. The molecule has 0 radical (unpaired) electrons. The van der Waals surface area contributed by atoms with Gasteiger partial charge in [-0.25, -0.2) is 0 Å². The maximum atomic E-state index is 2.38. The average Bonchev–Trinajstić information content (AvgIpc) is 3.23. The third kappa shape index (κ3) is 5.97. The third-order valence-corrected chi connectivity index (χ3v) is 9.83. The summed E-state index contributed by atoms with van der Waals surface area (Å²) in [6.45, 7) is 0. The molecule has 9 aromatic rings. The van der Waals surface area contributed by atoms with E-state index in [0.717, 1.165) is 34.1 Å². The molecule has 52 heavy (non-hydrogen) atoms. The summed E-state index contributed by atoms with van der Waals surface area (Å²) >= 11 is 0. The second-order valence-corrected chi connectivity index (χ2v) is 13.0. The zero-order chi connectivity index (χ0) is 34.7. The Morgan fingerprint density at radius 3 is 1.15 bits per heavy atom. The molecule has 0 saturated heterocycles. The van der Waals surface area contributed by atoms with Crippen LogP contribution in [0.2, 0.25) is 0 Å². The second kappa shape index (κ2) is 13.8. The molecule has 0 aliphatic carbocycles. The Bertz CT molecular complexity index is 2600. The Labute approximate surface area is 305 Å². The predicted octanol–water partition coefficient (Wildman–Crippen LogP) is 14.3. The molecule has 0 N–H and O–H groups in total. The van der Waals surface area contributed by atoms with Crippen molar-refractivity contribution in [3.63, 3.8) is 0 Å². The van der Waals surface area contributed by atoms with Crippen molar-refractivity contribution < 1.29 is 0 Å². The average molecular weight is 665 g/mol. The minimum absolute atomic E-state index is 1.10. The van der Waals surface area contributed by atoms with Gasteiger partial charge in [-0.1, -0.05) is 158 Å². The van der Waals surface area contributed by atoms with E-state index in [2.05, 4.69) is 228 Å². The molecule has 0 atom stereocenters. The quantitative estimate of drug-likeness (QED) is 0.159. The predicted molar refractivity (Wildman–Crippen MR) is 222 cm³/mol. The number of hydrogen-bond acceptors (Lipinski definition) is 2. The van der Waals surface area contributed by atoms with Crippen LogP contribution in [-0.4, -0.2) is 0 Å². The van der Waals surface area contributed by atoms with Crippen molar-refractivity contribution in [3.05, 3.63) is 218 Å². The summed E-state index contributed by atoms with van der Waals surface area (Å²) in [5, 5.41) is 4.87. The highest BCUT2D eigenvalue weighted by Gasteiger charge is 2.18. The van der Waals surface area contributed by atoms with Crippen LogP contribution in [0.3, 0.4) is 0 Å². The van der Waals surface area contributed by atoms with Crippen LogP contribution < -0.4 is 9.80 Å². The molecule has 0 aliphatic heterocycles. The van der Waals surface area contributed by atoms with Crippen molar-refractivity contribution in [3.8, 4) is 22.3 Å². The standard InChI is InChI=1S/C50H36N2/c1-3-14-37(15-4-1)42-20-11-23-46(36-42)52(50-27-13-19-41-17-8-10-25-48(41)50)45-34-30-39(31-35-45)38-28-32-44(33-29-38)51(43-21-5-2-6-22-43)49-26-12-18-40-16-7-9-24-47(40)49/h1-36H. The monoisotopic (exact) mass is 664 g/mol. The molecule has 0 aliphatic rings. The van der Waals surface area contributed by atoms with Gasteiger partial charge in [0.25, 0.3) is 0 Å². The van der Waals surface area contributed by atoms with Crippen LogP contribution in [0.1, 0.15) is 0 Å². The molecule has 9 aromatic carbocycles. The maximum absolute atomic E-state index is 2.38. The van der Waals surface area contributed by atoms with Crippen molar-refractivity contribution in [2.24, 2.45) is 0 Å². The summed E-state index contributed by atoms with van der Waals surface area (Å²) < 4.78 is 0. The lowest BCUT2D eigenvalue weighted by molar-refractivity contribution is 1.29. The van der Waals surface area contributed by atoms with E-state index < -0.39 is 0 Å². The van der Waals surface area contributed by atoms with E-state index in [1.54, 1.807) is 0 Å². The molecule has 0 unspecified atom stereocenters. The summed E-state index contributed by atoms with van der Waals surface area (Å²) in [6.07, 6.45) is 0. The van der Waals surface area contributed by atoms with Gasteiger partial charge in [-0.2, -0.15) is 0 Å². The van der Waals surface area contributed by atoms with Gasteiger partial charge in [0.15, 0.2) is 0 Å². The summed E-state index contributed by atoms with van der Waals surface area (Å²) in [5.74, 6) is 0. The molecular weight excluding hydrogens is 629 g/mol. The van der Waals surface area contributed by atoms with Crippen LogP contribution in [0.5, 0.6) is 0 Å². The lowest BCUT2D eigenvalue weighted by atomic mass is 10.0. The van der Waals surface area contributed by atoms with Crippen molar-refractivity contribution >= 4 is 55.7 Å². The molecule has 0 heterocycles. The highest BCUT2D eigenvalue weighted by molar-refractivity contribution is 6.00. The van der Waals surface area contributed by atoms with Crippen molar-refractivity contribution in [2.75, 3.05) is 9.80 Å². The van der Waals surface area contributed by atoms with Gasteiger partial charge in [0.2, 0.25) is 0 Å². The first-order valence-corrected chi connectivity index (χ1v) is 17.8. The van der Waals surface area contributed by atoms with Gasteiger partial charge in [0, 0.05) is 33.5 Å². The van der Waals surface area contributed by atoms with Gasteiger partial charge < -0.3 is 9.80 Å². The van der Waals surface area contributed by atoms with Crippen molar-refractivity contribution in [2.45, 2.75) is 0 Å². The zero-order valence-corrected chi connectivity index (χ0v) is 28.7. The van der Waals surface area contributed by atoms with Crippen molar-refractivity contribution in [1.29, 1.82) is 0 Å². The van der Waals surface area contributed by atoms with E-state index >= 15 is 0 Å². The number of fused-ring (bicyclic) bond motifs is 2. The highest BCUT2D eigenvalue weighted by atomic mass is 15.1. The van der Waals surface area contributed by atoms with Gasteiger partial charge in [-0.15, -0.1) is 0 Å². The van der Waals surface area contributed by atoms with E-state index in [1.807, 2.05) is 0 Å². The van der Waals surface area contributed by atoms with Crippen molar-refractivity contribution in [1.82, 2.24) is 0 Å². The zero-order valence-electron chi connectivity index (χ0n) is 28.7. The minimum atomic E-state index is 1.10. The summed E-state index contributed by atoms with van der Waals surface area (Å²) in [7, 11) is 0. The van der Waals surface area contributed by atoms with Crippen LogP contribution in [-0.2, 0) is 0 Å². The molecule has 246 valence electrons. The topological polar surface area (TPSA) is 6.48 Å². The fourth-order valence-corrected chi connectivity index (χ4v) is 7.30. The Hall–Kier alpha value is -6.90. The number of rotatable bonds is 8. The van der Waals surface area contributed by atoms with Crippen LogP contribution in [0.4, 0.5) is 34.1 Å². The first kappa shape index (κ1) is 31.1. The molecule has 0 spiro atoms. The normalized spacial score (nSPS) is 11.1. The Morgan fingerprint density at radius 2 is 0.596 bits per heavy atom. The molecular formula is C50H36N2. The summed E-state index contributed by atoms with van der Waals surface area (Å²) in [4.78, 5) is 4.73. The minimum Gasteiger partial charge on any atom is -0.310 e. The smallest absolute Gasteiger partial charge is 0.0540 e. The molecule has 2 heteroatoms. The highest BCUT2D eigenvalue weighted by Crippen LogP contribution is 2.42. The van der Waals surface area contributed by atoms with E-state index in [1.165, 1.54) is 43.8 Å². The number of hydrogen-bond donors (Lipinski definition) is 0. The Balaban J connectivity index is 1.09. The molecule has 0 fully saturated rings.